The molecule has 0 saturated carbocycles. The largest absolute Gasteiger partial charge is 0.489 e. The zero-order valence-electron chi connectivity index (χ0n) is 17.2. The Bertz CT molecular complexity index is 1010. The summed E-state index contributed by atoms with van der Waals surface area (Å²) < 4.78 is 18.7. The molecule has 1 fully saturated rings. The van der Waals surface area contributed by atoms with Crippen LogP contribution in [0.4, 0.5) is 10.1 Å². The molecule has 1 aliphatic heterocycles. The quantitative estimate of drug-likeness (QED) is 0.565. The van der Waals surface area contributed by atoms with Crippen LogP contribution in [0.15, 0.2) is 79.1 Å². The minimum Gasteiger partial charge on any atom is -0.489 e. The highest BCUT2D eigenvalue weighted by Crippen LogP contribution is 2.17. The summed E-state index contributed by atoms with van der Waals surface area (Å²) >= 11 is 0. The number of anilines is 1. The number of hydrogen-bond acceptors (Lipinski definition) is 4. The van der Waals surface area contributed by atoms with Crippen LogP contribution >= 0.6 is 0 Å². The van der Waals surface area contributed by atoms with Gasteiger partial charge in [0.1, 0.15) is 18.2 Å². The maximum Gasteiger partial charge on any atom is 0.246 e. The zero-order valence-corrected chi connectivity index (χ0v) is 17.2. The van der Waals surface area contributed by atoms with Crippen molar-refractivity contribution < 1.29 is 13.9 Å². The van der Waals surface area contributed by atoms with Gasteiger partial charge in [0.25, 0.3) is 0 Å². The molecule has 3 aromatic rings. The minimum absolute atomic E-state index is 0.0195. The van der Waals surface area contributed by atoms with Gasteiger partial charge in [0.2, 0.25) is 5.91 Å². The summed E-state index contributed by atoms with van der Waals surface area (Å²) in [6.07, 6.45) is 7.02. The molecule has 1 aliphatic rings. The van der Waals surface area contributed by atoms with E-state index in [4.69, 9.17) is 4.74 Å². The summed E-state index contributed by atoms with van der Waals surface area (Å²) in [5.41, 5.74) is 2.97. The predicted molar refractivity (Wildman–Crippen MR) is 119 cm³/mol. The van der Waals surface area contributed by atoms with Crippen molar-refractivity contribution in [2.75, 3.05) is 31.1 Å². The smallest absolute Gasteiger partial charge is 0.246 e. The van der Waals surface area contributed by atoms with E-state index in [0.717, 1.165) is 35.7 Å². The Labute approximate surface area is 181 Å². The lowest BCUT2D eigenvalue weighted by Crippen LogP contribution is -2.48. The van der Waals surface area contributed by atoms with E-state index in [2.05, 4.69) is 9.88 Å². The number of pyridine rings is 1. The van der Waals surface area contributed by atoms with Crippen molar-refractivity contribution in [3.05, 3.63) is 96.1 Å². The molecule has 0 atom stereocenters. The Balaban J connectivity index is 1.25. The third-order valence-corrected chi connectivity index (χ3v) is 5.24. The van der Waals surface area contributed by atoms with E-state index >= 15 is 0 Å². The monoisotopic (exact) mass is 417 g/mol. The van der Waals surface area contributed by atoms with Crippen molar-refractivity contribution in [1.29, 1.82) is 0 Å². The molecular weight excluding hydrogens is 393 g/mol. The number of amides is 1. The summed E-state index contributed by atoms with van der Waals surface area (Å²) in [5, 5.41) is 0. The second-order valence-corrected chi connectivity index (χ2v) is 7.34. The number of carbonyl (C=O) groups excluding carboxylic acids is 1. The van der Waals surface area contributed by atoms with Gasteiger partial charge < -0.3 is 14.5 Å². The zero-order chi connectivity index (χ0) is 21.5. The topological polar surface area (TPSA) is 45.7 Å². The van der Waals surface area contributed by atoms with Crippen LogP contribution in [0.5, 0.6) is 5.75 Å². The third-order valence-electron chi connectivity index (χ3n) is 5.24. The average molecular weight is 417 g/mol. The first-order chi connectivity index (χ1) is 15.2. The van der Waals surface area contributed by atoms with Gasteiger partial charge in [-0.2, -0.15) is 0 Å². The van der Waals surface area contributed by atoms with Crippen molar-refractivity contribution in [2.45, 2.75) is 6.61 Å². The molecule has 4 rings (SSSR count). The highest BCUT2D eigenvalue weighted by atomic mass is 19.1. The van der Waals surface area contributed by atoms with E-state index in [1.807, 2.05) is 47.4 Å². The van der Waals surface area contributed by atoms with Gasteiger partial charge in [-0.05, 0) is 53.6 Å². The molecule has 5 nitrogen and oxygen atoms in total. The summed E-state index contributed by atoms with van der Waals surface area (Å²) in [5.74, 6) is 0.483. The van der Waals surface area contributed by atoms with E-state index in [0.29, 0.717) is 19.7 Å². The average Bonchev–Trinajstić information content (AvgIpc) is 2.83. The van der Waals surface area contributed by atoms with Gasteiger partial charge in [-0.1, -0.05) is 24.3 Å². The Morgan fingerprint density at radius 3 is 2.29 bits per heavy atom. The third kappa shape index (κ3) is 5.69. The second kappa shape index (κ2) is 9.89. The Kier molecular flexibility index (Phi) is 6.57. The van der Waals surface area contributed by atoms with Crippen LogP contribution in [-0.4, -0.2) is 42.0 Å². The van der Waals surface area contributed by atoms with E-state index in [9.17, 15) is 9.18 Å². The number of ether oxygens (including phenoxy) is 1. The molecule has 2 aromatic carbocycles. The fraction of sp³-hybridized carbons (Fsp3) is 0.200. The fourth-order valence-corrected chi connectivity index (χ4v) is 3.44. The molecule has 6 heteroatoms. The van der Waals surface area contributed by atoms with Crippen LogP contribution in [0.3, 0.4) is 0 Å². The van der Waals surface area contributed by atoms with Crippen molar-refractivity contribution in [3.8, 4) is 5.75 Å². The molecule has 1 aromatic heterocycles. The summed E-state index contributed by atoms with van der Waals surface area (Å²) in [6, 6.07) is 17.8. The van der Waals surface area contributed by atoms with Crippen molar-refractivity contribution in [3.63, 3.8) is 0 Å². The molecule has 0 bridgehead atoms. The lowest BCUT2D eigenvalue weighted by molar-refractivity contribution is -0.126. The number of carbonyl (C=O) groups is 1. The molecular formula is C25H24FN3O2. The summed E-state index contributed by atoms with van der Waals surface area (Å²) in [6.45, 7) is 3.39. The van der Waals surface area contributed by atoms with E-state index < -0.39 is 0 Å². The summed E-state index contributed by atoms with van der Waals surface area (Å²) in [7, 11) is 0. The van der Waals surface area contributed by atoms with E-state index in [-0.39, 0.29) is 11.7 Å². The number of piperazine rings is 1. The normalized spacial score (nSPS) is 14.1. The Morgan fingerprint density at radius 1 is 0.935 bits per heavy atom. The molecule has 158 valence electrons. The minimum atomic E-state index is -0.259. The van der Waals surface area contributed by atoms with Gasteiger partial charge in [0.05, 0.1) is 0 Å². The van der Waals surface area contributed by atoms with Crippen LogP contribution in [0.1, 0.15) is 11.1 Å². The number of hydrogen-bond donors (Lipinski definition) is 0. The highest BCUT2D eigenvalue weighted by Gasteiger charge is 2.19. The van der Waals surface area contributed by atoms with Gasteiger partial charge >= 0.3 is 0 Å². The molecule has 1 saturated heterocycles. The SMILES string of the molecule is O=C(/C=C\c1ccc(OCc2ccc(F)cc2)cc1)N1CCN(c2ccncc2)CC1. The number of nitrogens with zero attached hydrogens (tertiary/aromatic N) is 3. The first-order valence-electron chi connectivity index (χ1n) is 10.3. The van der Waals surface area contributed by atoms with Crippen molar-refractivity contribution in [2.24, 2.45) is 0 Å². The standard InChI is InChI=1S/C25H24FN3O2/c26-22-6-1-21(2-7-22)19-31-24-8-3-20(4-9-24)5-10-25(30)29-17-15-28(16-18-29)23-11-13-27-14-12-23/h1-14H,15-19H2/b10-5-. The highest BCUT2D eigenvalue weighted by molar-refractivity contribution is 5.92. The van der Waals surface area contributed by atoms with E-state index in [1.54, 1.807) is 30.6 Å². The number of halogens is 1. The van der Waals surface area contributed by atoms with Gasteiger partial charge in [-0.25, -0.2) is 4.39 Å². The van der Waals surface area contributed by atoms with Crippen LogP contribution in [0.2, 0.25) is 0 Å². The first-order valence-corrected chi connectivity index (χ1v) is 10.3. The number of benzene rings is 2. The Hall–Kier alpha value is -3.67. The van der Waals surface area contributed by atoms with Crippen LogP contribution in [-0.2, 0) is 11.4 Å². The van der Waals surface area contributed by atoms with Crippen molar-refractivity contribution >= 4 is 17.7 Å². The maximum absolute atomic E-state index is 13.0. The molecule has 0 aliphatic carbocycles. The second-order valence-electron chi connectivity index (χ2n) is 7.34. The lowest BCUT2D eigenvalue weighted by Gasteiger charge is -2.35. The number of rotatable bonds is 6. The molecule has 0 N–H and O–H groups in total. The maximum atomic E-state index is 13.0. The molecule has 0 spiro atoms. The summed E-state index contributed by atoms with van der Waals surface area (Å²) in [4.78, 5) is 20.7. The van der Waals surface area contributed by atoms with Crippen LogP contribution in [0, 0.1) is 5.82 Å². The molecule has 2 heterocycles. The van der Waals surface area contributed by atoms with Gasteiger partial charge in [0, 0.05) is 50.3 Å². The molecule has 0 unspecified atom stereocenters. The Morgan fingerprint density at radius 2 is 1.61 bits per heavy atom. The van der Waals surface area contributed by atoms with E-state index in [1.165, 1.54) is 12.1 Å². The van der Waals surface area contributed by atoms with Gasteiger partial charge in [0.15, 0.2) is 0 Å². The molecule has 0 radical (unpaired) electrons. The van der Waals surface area contributed by atoms with Gasteiger partial charge in [-0.15, -0.1) is 0 Å². The number of aromatic nitrogens is 1. The first kappa shape index (κ1) is 20.6. The lowest BCUT2D eigenvalue weighted by atomic mass is 10.2. The van der Waals surface area contributed by atoms with Crippen LogP contribution in [0.25, 0.3) is 6.08 Å². The van der Waals surface area contributed by atoms with Crippen molar-refractivity contribution in [1.82, 2.24) is 9.88 Å². The molecule has 31 heavy (non-hydrogen) atoms. The fourth-order valence-electron chi connectivity index (χ4n) is 3.44. The van der Waals surface area contributed by atoms with Crippen LogP contribution < -0.4 is 9.64 Å². The molecule has 1 amide bonds. The predicted octanol–water partition coefficient (Wildman–Crippen LogP) is 4.16. The van der Waals surface area contributed by atoms with Gasteiger partial charge in [-0.3, -0.25) is 9.78 Å².